The molecule has 22 heavy (non-hydrogen) atoms. The molecule has 3 rings (SSSR count). The fourth-order valence-corrected chi connectivity index (χ4v) is 3.69. The molecule has 0 aromatic heterocycles. The number of carbonyl (C=O) groups excluding carboxylic acids is 1. The highest BCUT2D eigenvalue weighted by molar-refractivity contribution is 5.79. The number of rotatable bonds is 2. The molecule has 1 aliphatic carbocycles. The number of benzene rings is 1. The standard InChI is InChI=1S/C18H26N2O2/c1-13-11-20(18(21)15-8-5-9-16(19)10-15)12-17(22-13)14-6-3-2-4-7-14/h2-4,6-7,13,15-17H,5,8-12,19H2,1H3. The molecule has 2 N–H and O–H groups in total. The molecular weight excluding hydrogens is 276 g/mol. The summed E-state index contributed by atoms with van der Waals surface area (Å²) in [6, 6.07) is 10.4. The highest BCUT2D eigenvalue weighted by atomic mass is 16.5. The second-order valence-corrected chi connectivity index (χ2v) is 6.71. The minimum absolute atomic E-state index is 0.0221. The van der Waals surface area contributed by atoms with Crippen LogP contribution in [0, 0.1) is 5.92 Å². The normalized spacial score (nSPS) is 32.7. The van der Waals surface area contributed by atoms with E-state index in [4.69, 9.17) is 10.5 Å². The summed E-state index contributed by atoms with van der Waals surface area (Å²) >= 11 is 0. The van der Waals surface area contributed by atoms with Gasteiger partial charge in [-0.05, 0) is 31.7 Å². The molecule has 2 aliphatic rings. The zero-order chi connectivity index (χ0) is 15.5. The van der Waals surface area contributed by atoms with Gasteiger partial charge in [0.05, 0.1) is 12.6 Å². The molecular formula is C18H26N2O2. The van der Waals surface area contributed by atoms with Gasteiger partial charge in [-0.15, -0.1) is 0 Å². The Kier molecular flexibility index (Phi) is 4.79. The van der Waals surface area contributed by atoms with Crippen LogP contribution >= 0.6 is 0 Å². The minimum atomic E-state index is -0.0221. The zero-order valence-electron chi connectivity index (χ0n) is 13.3. The van der Waals surface area contributed by atoms with E-state index in [1.54, 1.807) is 0 Å². The Morgan fingerprint density at radius 3 is 2.73 bits per heavy atom. The van der Waals surface area contributed by atoms with Crippen molar-refractivity contribution in [3.05, 3.63) is 35.9 Å². The van der Waals surface area contributed by atoms with Crippen molar-refractivity contribution < 1.29 is 9.53 Å². The lowest BCUT2D eigenvalue weighted by molar-refractivity contribution is -0.150. The first-order chi connectivity index (χ1) is 10.6. The Hall–Kier alpha value is -1.39. The van der Waals surface area contributed by atoms with Crippen molar-refractivity contribution in [3.63, 3.8) is 0 Å². The second kappa shape index (κ2) is 6.80. The van der Waals surface area contributed by atoms with Crippen molar-refractivity contribution in [2.45, 2.75) is 50.9 Å². The first-order valence-corrected chi connectivity index (χ1v) is 8.38. The molecule has 0 bridgehead atoms. The number of ether oxygens (including phenoxy) is 1. The van der Waals surface area contributed by atoms with Gasteiger partial charge in [0.15, 0.2) is 0 Å². The van der Waals surface area contributed by atoms with E-state index in [0.29, 0.717) is 13.1 Å². The quantitative estimate of drug-likeness (QED) is 0.913. The molecule has 4 nitrogen and oxygen atoms in total. The number of amides is 1. The van der Waals surface area contributed by atoms with Gasteiger partial charge in [-0.25, -0.2) is 0 Å². The zero-order valence-corrected chi connectivity index (χ0v) is 13.3. The first-order valence-electron chi connectivity index (χ1n) is 8.38. The second-order valence-electron chi connectivity index (χ2n) is 6.71. The topological polar surface area (TPSA) is 55.6 Å². The lowest BCUT2D eigenvalue weighted by Crippen LogP contribution is -2.49. The van der Waals surface area contributed by atoms with Crippen LogP contribution in [0.1, 0.15) is 44.3 Å². The summed E-state index contributed by atoms with van der Waals surface area (Å²) in [6.07, 6.45) is 3.98. The fraction of sp³-hybridized carbons (Fsp3) is 0.611. The maximum atomic E-state index is 12.8. The third-order valence-electron chi connectivity index (χ3n) is 4.81. The number of hydrogen-bond acceptors (Lipinski definition) is 3. The van der Waals surface area contributed by atoms with Crippen molar-refractivity contribution in [3.8, 4) is 0 Å². The van der Waals surface area contributed by atoms with E-state index < -0.39 is 0 Å². The molecule has 1 aromatic carbocycles. The highest BCUT2D eigenvalue weighted by Crippen LogP contribution is 2.29. The van der Waals surface area contributed by atoms with Gasteiger partial charge in [-0.1, -0.05) is 36.8 Å². The summed E-state index contributed by atoms with van der Waals surface area (Å²) in [5.41, 5.74) is 7.19. The summed E-state index contributed by atoms with van der Waals surface area (Å²) < 4.78 is 6.04. The molecule has 1 amide bonds. The average Bonchev–Trinajstić information content (AvgIpc) is 2.54. The summed E-state index contributed by atoms with van der Waals surface area (Å²) in [6.45, 7) is 3.38. The van der Waals surface area contributed by atoms with Crippen molar-refractivity contribution in [1.82, 2.24) is 4.90 Å². The van der Waals surface area contributed by atoms with Crippen molar-refractivity contribution in [2.75, 3.05) is 13.1 Å². The van der Waals surface area contributed by atoms with Gasteiger partial charge in [-0.2, -0.15) is 0 Å². The van der Waals surface area contributed by atoms with Gasteiger partial charge >= 0.3 is 0 Å². The van der Waals surface area contributed by atoms with E-state index in [1.165, 1.54) is 0 Å². The smallest absolute Gasteiger partial charge is 0.225 e. The Bertz CT molecular complexity index is 505. The maximum Gasteiger partial charge on any atom is 0.225 e. The number of hydrogen-bond donors (Lipinski definition) is 1. The highest BCUT2D eigenvalue weighted by Gasteiger charge is 2.34. The molecule has 120 valence electrons. The summed E-state index contributed by atoms with van der Waals surface area (Å²) in [5, 5.41) is 0. The molecule has 2 fully saturated rings. The summed E-state index contributed by atoms with van der Waals surface area (Å²) in [7, 11) is 0. The van der Waals surface area contributed by atoms with Crippen LogP contribution in [0.25, 0.3) is 0 Å². The molecule has 1 heterocycles. The van der Waals surface area contributed by atoms with Crippen LogP contribution in [-0.4, -0.2) is 36.0 Å². The van der Waals surface area contributed by atoms with E-state index in [-0.39, 0.29) is 30.1 Å². The van der Waals surface area contributed by atoms with Gasteiger partial charge in [0.2, 0.25) is 5.91 Å². The Balaban J connectivity index is 1.69. The van der Waals surface area contributed by atoms with E-state index in [2.05, 4.69) is 12.1 Å². The number of nitrogens with two attached hydrogens (primary N) is 1. The van der Waals surface area contributed by atoms with Crippen LogP contribution < -0.4 is 5.73 Å². The lowest BCUT2D eigenvalue weighted by Gasteiger charge is -2.39. The van der Waals surface area contributed by atoms with Crippen molar-refractivity contribution >= 4 is 5.91 Å². The number of morpholine rings is 1. The van der Waals surface area contributed by atoms with Crippen molar-refractivity contribution in [2.24, 2.45) is 11.7 Å². The van der Waals surface area contributed by atoms with E-state index >= 15 is 0 Å². The first kappa shape index (κ1) is 15.5. The van der Waals surface area contributed by atoms with Crippen LogP contribution in [0.15, 0.2) is 30.3 Å². The van der Waals surface area contributed by atoms with Crippen LogP contribution in [0.4, 0.5) is 0 Å². The predicted molar refractivity (Wildman–Crippen MR) is 86.2 cm³/mol. The SMILES string of the molecule is CC1CN(C(=O)C2CCCC(N)C2)CC(c2ccccc2)O1. The largest absolute Gasteiger partial charge is 0.367 e. The number of nitrogens with zero attached hydrogens (tertiary/aromatic N) is 1. The molecule has 0 radical (unpaired) electrons. The molecule has 4 unspecified atom stereocenters. The third-order valence-corrected chi connectivity index (χ3v) is 4.81. The fourth-order valence-electron chi connectivity index (χ4n) is 3.69. The van der Waals surface area contributed by atoms with E-state index in [1.807, 2.05) is 30.0 Å². The molecule has 1 aliphatic heterocycles. The lowest BCUT2D eigenvalue weighted by atomic mass is 9.85. The molecule has 1 saturated heterocycles. The van der Waals surface area contributed by atoms with Crippen molar-refractivity contribution in [1.29, 1.82) is 0 Å². The monoisotopic (exact) mass is 302 g/mol. The van der Waals surface area contributed by atoms with Gasteiger partial charge in [0.25, 0.3) is 0 Å². The molecule has 1 aromatic rings. The van der Waals surface area contributed by atoms with Crippen LogP contribution in [0.2, 0.25) is 0 Å². The predicted octanol–water partition coefficient (Wildman–Crippen LogP) is 2.49. The summed E-state index contributed by atoms with van der Waals surface area (Å²) in [5.74, 6) is 0.372. The van der Waals surface area contributed by atoms with Gasteiger partial charge in [0, 0.05) is 18.5 Å². The molecule has 0 spiro atoms. The maximum absolute atomic E-state index is 12.8. The third kappa shape index (κ3) is 3.50. The van der Waals surface area contributed by atoms with Crippen LogP contribution in [-0.2, 0) is 9.53 Å². The van der Waals surface area contributed by atoms with Crippen LogP contribution in [0.3, 0.4) is 0 Å². The Labute approximate surface area is 132 Å². The van der Waals surface area contributed by atoms with Gasteiger partial charge in [-0.3, -0.25) is 4.79 Å². The van der Waals surface area contributed by atoms with E-state index in [9.17, 15) is 4.79 Å². The number of carbonyl (C=O) groups is 1. The van der Waals surface area contributed by atoms with Gasteiger partial charge in [0.1, 0.15) is 6.10 Å². The molecule has 4 heteroatoms. The van der Waals surface area contributed by atoms with Crippen LogP contribution in [0.5, 0.6) is 0 Å². The molecule has 1 saturated carbocycles. The van der Waals surface area contributed by atoms with E-state index in [0.717, 1.165) is 31.2 Å². The minimum Gasteiger partial charge on any atom is -0.367 e. The Morgan fingerprint density at radius 2 is 2.00 bits per heavy atom. The Morgan fingerprint density at radius 1 is 1.23 bits per heavy atom. The average molecular weight is 302 g/mol. The summed E-state index contributed by atoms with van der Waals surface area (Å²) in [4.78, 5) is 14.8. The van der Waals surface area contributed by atoms with Gasteiger partial charge < -0.3 is 15.4 Å². The molecule has 4 atom stereocenters.